The van der Waals surface area contributed by atoms with Crippen LogP contribution in [0.5, 0.6) is 0 Å². The molecule has 0 atom stereocenters. The predicted octanol–water partition coefficient (Wildman–Crippen LogP) is 2.67. The number of halogens is 2. The maximum absolute atomic E-state index is 13.4. The van der Waals surface area contributed by atoms with Crippen LogP contribution in [0.3, 0.4) is 0 Å². The molecule has 15 heavy (non-hydrogen) atoms. The highest BCUT2D eigenvalue weighted by molar-refractivity contribution is 5.60. The molecular formula is C11H10F2N2. The topological polar surface area (TPSA) is 17.8 Å². The first-order valence-electron chi connectivity index (χ1n) is 4.54. The Bertz CT molecular complexity index is 503. The van der Waals surface area contributed by atoms with Crippen molar-refractivity contribution in [1.82, 2.24) is 9.78 Å². The second-order valence-electron chi connectivity index (χ2n) is 3.42. The number of aryl methyl sites for hydroxylation is 2. The SMILES string of the molecule is Cc1cc(-c2ccc(F)cc2F)n(C)n1. The van der Waals surface area contributed by atoms with E-state index >= 15 is 0 Å². The van der Waals surface area contributed by atoms with Gasteiger partial charge in [0.1, 0.15) is 11.6 Å². The van der Waals surface area contributed by atoms with E-state index in [0.29, 0.717) is 11.3 Å². The second kappa shape index (κ2) is 3.46. The van der Waals surface area contributed by atoms with Gasteiger partial charge in [0.05, 0.1) is 11.4 Å². The summed E-state index contributed by atoms with van der Waals surface area (Å²) in [7, 11) is 1.73. The van der Waals surface area contributed by atoms with Gasteiger partial charge >= 0.3 is 0 Å². The summed E-state index contributed by atoms with van der Waals surface area (Å²) in [5.74, 6) is -1.15. The molecule has 0 radical (unpaired) electrons. The van der Waals surface area contributed by atoms with Gasteiger partial charge < -0.3 is 0 Å². The predicted molar refractivity (Wildman–Crippen MR) is 53.3 cm³/mol. The van der Waals surface area contributed by atoms with Crippen molar-refractivity contribution >= 4 is 0 Å². The summed E-state index contributed by atoms with van der Waals surface area (Å²) >= 11 is 0. The molecule has 0 aliphatic carbocycles. The first-order valence-corrected chi connectivity index (χ1v) is 4.54. The fourth-order valence-electron chi connectivity index (χ4n) is 1.56. The minimum absolute atomic E-state index is 0.361. The van der Waals surface area contributed by atoms with Crippen molar-refractivity contribution in [3.63, 3.8) is 0 Å². The Hall–Kier alpha value is -1.71. The summed E-state index contributed by atoms with van der Waals surface area (Å²) < 4.78 is 27.7. The fourth-order valence-corrected chi connectivity index (χ4v) is 1.56. The highest BCUT2D eigenvalue weighted by atomic mass is 19.1. The van der Waals surface area contributed by atoms with E-state index in [1.807, 2.05) is 6.92 Å². The molecule has 1 heterocycles. The molecule has 1 aromatic heterocycles. The third-order valence-electron chi connectivity index (χ3n) is 2.21. The minimum Gasteiger partial charge on any atom is -0.268 e. The molecule has 4 heteroatoms. The van der Waals surface area contributed by atoms with Crippen LogP contribution in [-0.4, -0.2) is 9.78 Å². The van der Waals surface area contributed by atoms with Crippen LogP contribution in [0.4, 0.5) is 8.78 Å². The van der Waals surface area contributed by atoms with E-state index in [9.17, 15) is 8.78 Å². The molecule has 0 fully saturated rings. The maximum Gasteiger partial charge on any atom is 0.135 e. The van der Waals surface area contributed by atoms with E-state index < -0.39 is 11.6 Å². The van der Waals surface area contributed by atoms with Crippen molar-refractivity contribution in [2.24, 2.45) is 7.05 Å². The summed E-state index contributed by atoms with van der Waals surface area (Å²) in [6.07, 6.45) is 0. The van der Waals surface area contributed by atoms with Gasteiger partial charge in [0, 0.05) is 18.7 Å². The van der Waals surface area contributed by atoms with Gasteiger partial charge in [-0.2, -0.15) is 5.10 Å². The molecule has 2 aromatic rings. The van der Waals surface area contributed by atoms with Crippen molar-refractivity contribution in [3.05, 3.63) is 41.6 Å². The van der Waals surface area contributed by atoms with Crippen LogP contribution in [0.1, 0.15) is 5.69 Å². The quantitative estimate of drug-likeness (QED) is 0.704. The molecule has 78 valence electrons. The van der Waals surface area contributed by atoms with Gasteiger partial charge in [-0.15, -0.1) is 0 Å². The van der Waals surface area contributed by atoms with E-state index in [2.05, 4.69) is 5.10 Å². The van der Waals surface area contributed by atoms with Crippen LogP contribution in [0.2, 0.25) is 0 Å². The maximum atomic E-state index is 13.4. The Labute approximate surface area is 86.2 Å². The summed E-state index contributed by atoms with van der Waals surface area (Å²) in [5, 5.41) is 4.11. The Morgan fingerprint density at radius 2 is 1.93 bits per heavy atom. The zero-order valence-electron chi connectivity index (χ0n) is 8.46. The van der Waals surface area contributed by atoms with E-state index in [4.69, 9.17) is 0 Å². The van der Waals surface area contributed by atoms with Gasteiger partial charge in [0.15, 0.2) is 0 Å². The summed E-state index contributed by atoms with van der Waals surface area (Å²) in [6, 6.07) is 5.29. The largest absolute Gasteiger partial charge is 0.268 e. The zero-order valence-corrected chi connectivity index (χ0v) is 8.46. The van der Waals surface area contributed by atoms with Crippen LogP contribution in [0, 0.1) is 18.6 Å². The zero-order chi connectivity index (χ0) is 11.0. The van der Waals surface area contributed by atoms with Crippen molar-refractivity contribution in [2.75, 3.05) is 0 Å². The lowest BCUT2D eigenvalue weighted by Crippen LogP contribution is -1.96. The van der Waals surface area contributed by atoms with Gasteiger partial charge in [-0.3, -0.25) is 4.68 Å². The van der Waals surface area contributed by atoms with Crippen LogP contribution < -0.4 is 0 Å². The van der Waals surface area contributed by atoms with Crippen molar-refractivity contribution in [2.45, 2.75) is 6.92 Å². The number of benzene rings is 1. The lowest BCUT2D eigenvalue weighted by Gasteiger charge is -2.03. The average Bonchev–Trinajstić information content (AvgIpc) is 2.45. The molecule has 0 aliphatic rings. The molecule has 0 saturated carbocycles. The molecule has 2 rings (SSSR count). The molecule has 0 amide bonds. The summed E-state index contributed by atoms with van der Waals surface area (Å²) in [6.45, 7) is 1.82. The second-order valence-corrected chi connectivity index (χ2v) is 3.42. The summed E-state index contributed by atoms with van der Waals surface area (Å²) in [4.78, 5) is 0. The van der Waals surface area contributed by atoms with Crippen molar-refractivity contribution in [3.8, 4) is 11.3 Å². The lowest BCUT2D eigenvalue weighted by molar-refractivity contribution is 0.584. The first kappa shape index (κ1) is 9.83. The molecule has 0 bridgehead atoms. The number of nitrogens with zero attached hydrogens (tertiary/aromatic N) is 2. The van der Waals surface area contributed by atoms with Crippen LogP contribution in [0.15, 0.2) is 24.3 Å². The smallest absolute Gasteiger partial charge is 0.135 e. The van der Waals surface area contributed by atoms with Gasteiger partial charge in [-0.05, 0) is 25.1 Å². The highest BCUT2D eigenvalue weighted by Gasteiger charge is 2.10. The highest BCUT2D eigenvalue weighted by Crippen LogP contribution is 2.23. The normalized spacial score (nSPS) is 10.7. The Kier molecular flexibility index (Phi) is 2.26. The van der Waals surface area contributed by atoms with Gasteiger partial charge in [-0.25, -0.2) is 8.78 Å². The van der Waals surface area contributed by atoms with Gasteiger partial charge in [-0.1, -0.05) is 0 Å². The third-order valence-corrected chi connectivity index (χ3v) is 2.21. The first-order chi connectivity index (χ1) is 7.08. The van der Waals surface area contributed by atoms with Gasteiger partial charge in [0.25, 0.3) is 0 Å². The molecule has 0 spiro atoms. The number of hydrogen-bond donors (Lipinski definition) is 0. The van der Waals surface area contributed by atoms with E-state index in [1.165, 1.54) is 12.1 Å². The molecule has 0 aliphatic heterocycles. The Morgan fingerprint density at radius 3 is 2.47 bits per heavy atom. The van der Waals surface area contributed by atoms with Crippen LogP contribution in [0.25, 0.3) is 11.3 Å². The van der Waals surface area contributed by atoms with E-state index in [-0.39, 0.29) is 0 Å². The average molecular weight is 208 g/mol. The van der Waals surface area contributed by atoms with Crippen molar-refractivity contribution in [1.29, 1.82) is 0 Å². The number of aromatic nitrogens is 2. The fraction of sp³-hybridized carbons (Fsp3) is 0.182. The van der Waals surface area contributed by atoms with Crippen molar-refractivity contribution < 1.29 is 8.78 Å². The molecule has 0 unspecified atom stereocenters. The standard InChI is InChI=1S/C11H10F2N2/c1-7-5-11(15(2)14-7)9-4-3-8(12)6-10(9)13/h3-6H,1-2H3. The van der Waals surface area contributed by atoms with Crippen LogP contribution in [-0.2, 0) is 7.05 Å². The number of hydrogen-bond acceptors (Lipinski definition) is 1. The molecule has 1 aromatic carbocycles. The Morgan fingerprint density at radius 1 is 1.20 bits per heavy atom. The molecular weight excluding hydrogens is 198 g/mol. The third kappa shape index (κ3) is 1.75. The molecule has 0 saturated heterocycles. The monoisotopic (exact) mass is 208 g/mol. The summed E-state index contributed by atoms with van der Waals surface area (Å²) in [5.41, 5.74) is 1.81. The molecule has 2 nitrogen and oxygen atoms in total. The number of rotatable bonds is 1. The van der Waals surface area contributed by atoms with Crippen LogP contribution >= 0.6 is 0 Å². The van der Waals surface area contributed by atoms with E-state index in [1.54, 1.807) is 17.8 Å². The van der Waals surface area contributed by atoms with Gasteiger partial charge in [0.2, 0.25) is 0 Å². The molecule has 0 N–H and O–H groups in total. The lowest BCUT2D eigenvalue weighted by atomic mass is 10.1. The van der Waals surface area contributed by atoms with E-state index in [0.717, 1.165) is 11.8 Å². The minimum atomic E-state index is -0.574. The Balaban J connectivity index is 2.59.